The molecular weight excluding hydrogens is 278 g/mol. The Morgan fingerprint density at radius 1 is 1.27 bits per heavy atom. The Balaban J connectivity index is 1.87. The quantitative estimate of drug-likeness (QED) is 0.807. The summed E-state index contributed by atoms with van der Waals surface area (Å²) < 4.78 is 13.7. The van der Waals surface area contributed by atoms with Crippen molar-refractivity contribution >= 4 is 16.8 Å². The Hall–Kier alpha value is -1.65. The van der Waals surface area contributed by atoms with Crippen molar-refractivity contribution in [2.45, 2.75) is 51.4 Å². The molecule has 0 unspecified atom stereocenters. The van der Waals surface area contributed by atoms with Crippen LogP contribution in [0.1, 0.15) is 48.7 Å². The molecule has 0 spiro atoms. The van der Waals surface area contributed by atoms with E-state index in [9.17, 15) is 4.79 Å². The first-order chi connectivity index (χ1) is 10.5. The SMILES string of the molecule is Cc1c2n(c3ccccc13)C(=O)CC[C@H]2[C@H]1COC(C)(C)O1. The highest BCUT2D eigenvalue weighted by Gasteiger charge is 2.42. The predicted octanol–water partition coefficient (Wildman–Crippen LogP) is 3.62. The number of hydrogen-bond acceptors (Lipinski definition) is 3. The first-order valence-corrected chi connectivity index (χ1v) is 7.93. The molecule has 0 saturated carbocycles. The van der Waals surface area contributed by atoms with Gasteiger partial charge in [0.05, 0.1) is 18.2 Å². The second-order valence-electron chi connectivity index (χ2n) is 6.77. The van der Waals surface area contributed by atoms with Crippen LogP contribution in [0.25, 0.3) is 10.9 Å². The molecule has 1 aromatic heterocycles. The Morgan fingerprint density at radius 3 is 2.77 bits per heavy atom. The molecule has 3 heterocycles. The summed E-state index contributed by atoms with van der Waals surface area (Å²) in [5, 5.41) is 1.16. The van der Waals surface area contributed by atoms with E-state index in [0.29, 0.717) is 13.0 Å². The lowest BCUT2D eigenvalue weighted by molar-refractivity contribution is -0.141. The first-order valence-electron chi connectivity index (χ1n) is 7.93. The van der Waals surface area contributed by atoms with Crippen LogP contribution in [0.4, 0.5) is 0 Å². The van der Waals surface area contributed by atoms with Gasteiger partial charge in [-0.1, -0.05) is 18.2 Å². The maximum Gasteiger partial charge on any atom is 0.231 e. The average Bonchev–Trinajstić information content (AvgIpc) is 3.00. The maximum atomic E-state index is 12.5. The largest absolute Gasteiger partial charge is 0.348 e. The van der Waals surface area contributed by atoms with Gasteiger partial charge >= 0.3 is 0 Å². The molecule has 0 N–H and O–H groups in total. The minimum Gasteiger partial charge on any atom is -0.348 e. The van der Waals surface area contributed by atoms with E-state index < -0.39 is 5.79 Å². The molecule has 0 amide bonds. The fraction of sp³-hybridized carbons (Fsp3) is 0.500. The summed E-state index contributed by atoms with van der Waals surface area (Å²) in [4.78, 5) is 12.5. The second kappa shape index (κ2) is 4.67. The van der Waals surface area contributed by atoms with E-state index in [2.05, 4.69) is 13.0 Å². The average molecular weight is 299 g/mol. The number of ether oxygens (including phenoxy) is 2. The van der Waals surface area contributed by atoms with Crippen LogP contribution < -0.4 is 0 Å². The lowest BCUT2D eigenvalue weighted by Crippen LogP contribution is -2.32. The molecule has 4 rings (SSSR count). The summed E-state index contributed by atoms with van der Waals surface area (Å²) in [5.41, 5.74) is 3.33. The van der Waals surface area contributed by atoms with E-state index in [1.165, 1.54) is 5.56 Å². The highest BCUT2D eigenvalue weighted by Crippen LogP contribution is 2.42. The lowest BCUT2D eigenvalue weighted by Gasteiger charge is -2.29. The summed E-state index contributed by atoms with van der Waals surface area (Å²) >= 11 is 0. The fourth-order valence-corrected chi connectivity index (χ4v) is 3.94. The third-order valence-corrected chi connectivity index (χ3v) is 4.92. The third kappa shape index (κ3) is 1.94. The molecule has 2 aromatic rings. The van der Waals surface area contributed by atoms with Crippen molar-refractivity contribution in [2.75, 3.05) is 6.61 Å². The predicted molar refractivity (Wildman–Crippen MR) is 84.2 cm³/mol. The zero-order valence-corrected chi connectivity index (χ0v) is 13.3. The number of nitrogens with zero attached hydrogens (tertiary/aromatic N) is 1. The molecule has 0 aliphatic carbocycles. The molecule has 4 nitrogen and oxygen atoms in total. The van der Waals surface area contributed by atoms with Gasteiger partial charge in [-0.3, -0.25) is 9.36 Å². The number of rotatable bonds is 1. The van der Waals surface area contributed by atoms with Crippen molar-refractivity contribution in [3.8, 4) is 0 Å². The Bertz CT molecular complexity index is 759. The highest BCUT2D eigenvalue weighted by atomic mass is 16.7. The van der Waals surface area contributed by atoms with Crippen molar-refractivity contribution in [1.29, 1.82) is 0 Å². The first kappa shape index (κ1) is 14.0. The summed E-state index contributed by atoms with van der Waals surface area (Å²) in [5.74, 6) is -0.128. The standard InChI is InChI=1S/C18H21NO3/c1-11-12-6-4-5-7-14(12)19-16(20)9-8-13(17(11)19)15-10-21-18(2,3)22-15/h4-7,13,15H,8-10H2,1-3H3/t13-,15+/m0/s1. The van der Waals surface area contributed by atoms with Crippen LogP contribution in [-0.2, 0) is 9.47 Å². The van der Waals surface area contributed by atoms with Gasteiger partial charge in [0.2, 0.25) is 5.91 Å². The van der Waals surface area contributed by atoms with Gasteiger partial charge in [-0.15, -0.1) is 0 Å². The monoisotopic (exact) mass is 299 g/mol. The van der Waals surface area contributed by atoms with Crippen LogP contribution in [0.5, 0.6) is 0 Å². The number of hydrogen-bond donors (Lipinski definition) is 0. The molecule has 116 valence electrons. The molecule has 1 fully saturated rings. The minimum atomic E-state index is -0.531. The highest BCUT2D eigenvalue weighted by molar-refractivity contribution is 5.97. The van der Waals surface area contributed by atoms with E-state index in [-0.39, 0.29) is 17.9 Å². The molecule has 1 aromatic carbocycles. The van der Waals surface area contributed by atoms with Crippen LogP contribution in [0.15, 0.2) is 24.3 Å². The van der Waals surface area contributed by atoms with Gasteiger partial charge in [0, 0.05) is 23.4 Å². The number of para-hydroxylation sites is 1. The van der Waals surface area contributed by atoms with Gasteiger partial charge in [0.25, 0.3) is 0 Å². The van der Waals surface area contributed by atoms with E-state index in [4.69, 9.17) is 9.47 Å². The van der Waals surface area contributed by atoms with Crippen LogP contribution >= 0.6 is 0 Å². The topological polar surface area (TPSA) is 40.5 Å². The molecular formula is C18H21NO3. The summed E-state index contributed by atoms with van der Waals surface area (Å²) in [7, 11) is 0. The lowest BCUT2D eigenvalue weighted by atomic mass is 9.88. The van der Waals surface area contributed by atoms with Crippen molar-refractivity contribution < 1.29 is 14.3 Å². The molecule has 0 bridgehead atoms. The minimum absolute atomic E-state index is 0.0184. The van der Waals surface area contributed by atoms with Crippen LogP contribution in [0.3, 0.4) is 0 Å². The van der Waals surface area contributed by atoms with Crippen molar-refractivity contribution in [1.82, 2.24) is 4.57 Å². The van der Waals surface area contributed by atoms with Crippen LogP contribution in [0.2, 0.25) is 0 Å². The molecule has 2 aliphatic rings. The van der Waals surface area contributed by atoms with E-state index >= 15 is 0 Å². The number of carbonyl (C=O) groups is 1. The second-order valence-corrected chi connectivity index (χ2v) is 6.77. The molecule has 1 saturated heterocycles. The van der Waals surface area contributed by atoms with Gasteiger partial charge < -0.3 is 9.47 Å². The van der Waals surface area contributed by atoms with Gasteiger partial charge in [0.15, 0.2) is 5.79 Å². The zero-order chi connectivity index (χ0) is 15.5. The summed E-state index contributed by atoms with van der Waals surface area (Å²) in [6.07, 6.45) is 1.42. The van der Waals surface area contributed by atoms with Crippen LogP contribution in [0, 0.1) is 6.92 Å². The fourth-order valence-electron chi connectivity index (χ4n) is 3.94. The summed E-state index contributed by atoms with van der Waals surface area (Å²) in [6, 6.07) is 8.14. The Morgan fingerprint density at radius 2 is 2.05 bits per heavy atom. The van der Waals surface area contributed by atoms with E-state index in [1.54, 1.807) is 0 Å². The molecule has 22 heavy (non-hydrogen) atoms. The zero-order valence-electron chi connectivity index (χ0n) is 13.3. The van der Waals surface area contributed by atoms with Crippen molar-refractivity contribution in [3.05, 3.63) is 35.5 Å². The Labute approximate surface area is 130 Å². The van der Waals surface area contributed by atoms with Crippen molar-refractivity contribution in [2.24, 2.45) is 0 Å². The molecule has 2 atom stereocenters. The number of fused-ring (bicyclic) bond motifs is 3. The number of aryl methyl sites for hydroxylation is 1. The van der Waals surface area contributed by atoms with Gasteiger partial charge in [-0.05, 0) is 38.8 Å². The molecule has 0 radical (unpaired) electrons. The maximum absolute atomic E-state index is 12.5. The number of aromatic nitrogens is 1. The normalized spacial score (nSPS) is 27.3. The number of benzene rings is 1. The van der Waals surface area contributed by atoms with Crippen molar-refractivity contribution in [3.63, 3.8) is 0 Å². The third-order valence-electron chi connectivity index (χ3n) is 4.92. The van der Waals surface area contributed by atoms with Gasteiger partial charge in [0.1, 0.15) is 0 Å². The van der Waals surface area contributed by atoms with E-state index in [0.717, 1.165) is 23.0 Å². The molecule has 4 heteroatoms. The Kier molecular flexibility index (Phi) is 2.97. The van der Waals surface area contributed by atoms with Crippen LogP contribution in [-0.4, -0.2) is 29.0 Å². The number of carbonyl (C=O) groups excluding carboxylic acids is 1. The molecule has 2 aliphatic heterocycles. The van der Waals surface area contributed by atoms with Gasteiger partial charge in [-0.2, -0.15) is 0 Å². The van der Waals surface area contributed by atoms with E-state index in [1.807, 2.05) is 36.6 Å². The van der Waals surface area contributed by atoms with Gasteiger partial charge in [-0.25, -0.2) is 0 Å². The summed E-state index contributed by atoms with van der Waals surface area (Å²) in [6.45, 7) is 6.60. The smallest absolute Gasteiger partial charge is 0.231 e.